The van der Waals surface area contributed by atoms with E-state index in [1.54, 1.807) is 0 Å². The van der Waals surface area contributed by atoms with Gasteiger partial charge in [-0.3, -0.25) is 9.80 Å². The Morgan fingerprint density at radius 3 is 2.48 bits per heavy atom. The van der Waals surface area contributed by atoms with Gasteiger partial charge in [0.2, 0.25) is 5.91 Å². The molecule has 1 saturated carbocycles. The maximum atomic E-state index is 12.9. The van der Waals surface area contributed by atoms with E-state index in [9.17, 15) is 4.79 Å². The summed E-state index contributed by atoms with van der Waals surface area (Å²) >= 11 is 0. The van der Waals surface area contributed by atoms with Crippen molar-refractivity contribution < 1.29 is 4.79 Å². The van der Waals surface area contributed by atoms with Crippen molar-refractivity contribution in [3.05, 3.63) is 35.9 Å². The van der Waals surface area contributed by atoms with E-state index in [2.05, 4.69) is 45.2 Å². The van der Waals surface area contributed by atoms with Gasteiger partial charge in [0, 0.05) is 38.6 Å². The molecular weight excluding hydrogens is 334 g/mol. The summed E-state index contributed by atoms with van der Waals surface area (Å²) in [5, 5.41) is 4.56. The van der Waals surface area contributed by atoms with Crippen LogP contribution in [0.4, 0.5) is 0 Å². The standard InChI is InChI=1S/C23H35N3O/c27-23(22-11-12-22)26(25-15-5-2-6-16-25)19-21-10-7-14-24(18-21)17-13-20-8-3-1-4-9-20/h1,3-4,8-9,21-22H,2,5-7,10-19H2. The Labute approximate surface area is 164 Å². The van der Waals surface area contributed by atoms with Crippen molar-refractivity contribution >= 4 is 5.91 Å². The number of carbonyl (C=O) groups excluding carboxylic acids is 1. The summed E-state index contributed by atoms with van der Waals surface area (Å²) in [5.74, 6) is 1.36. The summed E-state index contributed by atoms with van der Waals surface area (Å²) in [6.45, 7) is 6.59. The number of carbonyl (C=O) groups is 1. The molecule has 27 heavy (non-hydrogen) atoms. The second-order valence-electron chi connectivity index (χ2n) is 8.75. The Morgan fingerprint density at radius 2 is 1.74 bits per heavy atom. The molecule has 0 radical (unpaired) electrons. The smallest absolute Gasteiger partial charge is 0.239 e. The van der Waals surface area contributed by atoms with Crippen LogP contribution in [0.5, 0.6) is 0 Å². The highest BCUT2D eigenvalue weighted by Crippen LogP contribution is 2.33. The van der Waals surface area contributed by atoms with Crippen molar-refractivity contribution in [2.75, 3.05) is 39.3 Å². The summed E-state index contributed by atoms with van der Waals surface area (Å²) in [5.41, 5.74) is 1.43. The van der Waals surface area contributed by atoms with Gasteiger partial charge in [-0.1, -0.05) is 36.8 Å². The number of rotatable bonds is 7. The average Bonchev–Trinajstić information content (AvgIpc) is 3.57. The van der Waals surface area contributed by atoms with Crippen LogP contribution in [0.2, 0.25) is 0 Å². The first kappa shape index (κ1) is 18.9. The SMILES string of the molecule is O=C(C1CC1)N(CC1CCCN(CCc2ccccc2)C1)N1CCCCC1. The number of hydrogen-bond acceptors (Lipinski definition) is 3. The van der Waals surface area contributed by atoms with Crippen LogP contribution in [-0.4, -0.2) is 60.1 Å². The van der Waals surface area contributed by atoms with Crippen LogP contribution in [0.1, 0.15) is 50.5 Å². The number of amides is 1. The summed E-state index contributed by atoms with van der Waals surface area (Å²) in [4.78, 5) is 15.6. The zero-order valence-corrected chi connectivity index (χ0v) is 16.7. The summed E-state index contributed by atoms with van der Waals surface area (Å²) < 4.78 is 0. The van der Waals surface area contributed by atoms with E-state index in [0.717, 1.165) is 52.0 Å². The Morgan fingerprint density at radius 1 is 0.963 bits per heavy atom. The lowest BCUT2D eigenvalue weighted by molar-refractivity contribution is -0.155. The Kier molecular flexibility index (Phi) is 6.46. The number of benzene rings is 1. The molecule has 4 nitrogen and oxygen atoms in total. The van der Waals surface area contributed by atoms with E-state index >= 15 is 0 Å². The van der Waals surface area contributed by atoms with Gasteiger partial charge in [-0.2, -0.15) is 0 Å². The number of piperidine rings is 2. The van der Waals surface area contributed by atoms with E-state index in [-0.39, 0.29) is 0 Å². The molecule has 1 atom stereocenters. The van der Waals surface area contributed by atoms with Gasteiger partial charge in [0.05, 0.1) is 0 Å². The lowest BCUT2D eigenvalue weighted by Crippen LogP contribution is -2.53. The third-order valence-corrected chi connectivity index (χ3v) is 6.45. The summed E-state index contributed by atoms with van der Waals surface area (Å²) in [7, 11) is 0. The first-order valence-electron chi connectivity index (χ1n) is 11.1. The van der Waals surface area contributed by atoms with Crippen LogP contribution in [-0.2, 0) is 11.2 Å². The van der Waals surface area contributed by atoms with E-state index in [1.165, 1.54) is 44.2 Å². The molecule has 0 N–H and O–H groups in total. The molecule has 1 amide bonds. The highest BCUT2D eigenvalue weighted by Gasteiger charge is 2.37. The molecule has 0 spiro atoms. The molecule has 1 aromatic carbocycles. The van der Waals surface area contributed by atoms with Crippen LogP contribution >= 0.6 is 0 Å². The van der Waals surface area contributed by atoms with Crippen molar-refractivity contribution in [3.8, 4) is 0 Å². The zero-order chi connectivity index (χ0) is 18.5. The second kappa shape index (κ2) is 9.20. The summed E-state index contributed by atoms with van der Waals surface area (Å²) in [6.07, 6.45) is 9.68. The third kappa shape index (κ3) is 5.32. The second-order valence-corrected chi connectivity index (χ2v) is 8.75. The van der Waals surface area contributed by atoms with Crippen LogP contribution in [0.25, 0.3) is 0 Å². The normalized spacial score (nSPS) is 24.7. The van der Waals surface area contributed by atoms with Gasteiger partial charge in [-0.25, -0.2) is 5.01 Å². The van der Waals surface area contributed by atoms with Crippen LogP contribution in [0.3, 0.4) is 0 Å². The van der Waals surface area contributed by atoms with Crippen molar-refractivity contribution in [1.82, 2.24) is 14.9 Å². The van der Waals surface area contributed by atoms with Gasteiger partial charge >= 0.3 is 0 Å². The molecule has 1 unspecified atom stereocenters. The summed E-state index contributed by atoms with van der Waals surface area (Å²) in [6, 6.07) is 10.8. The molecule has 0 bridgehead atoms. The van der Waals surface area contributed by atoms with Crippen molar-refractivity contribution in [3.63, 3.8) is 0 Å². The molecule has 0 aromatic heterocycles. The minimum absolute atomic E-state index is 0.324. The minimum Gasteiger partial charge on any atom is -0.303 e. The Hall–Kier alpha value is -1.39. The van der Waals surface area contributed by atoms with Crippen molar-refractivity contribution in [1.29, 1.82) is 0 Å². The molecule has 4 rings (SSSR count). The van der Waals surface area contributed by atoms with E-state index < -0.39 is 0 Å². The molecule has 3 aliphatic rings. The highest BCUT2D eigenvalue weighted by molar-refractivity contribution is 5.80. The van der Waals surface area contributed by atoms with Crippen LogP contribution in [0.15, 0.2) is 30.3 Å². The molecule has 2 saturated heterocycles. The average molecular weight is 370 g/mol. The number of nitrogens with zero attached hydrogens (tertiary/aromatic N) is 3. The van der Waals surface area contributed by atoms with Crippen molar-refractivity contribution in [2.45, 2.75) is 51.4 Å². The fraction of sp³-hybridized carbons (Fsp3) is 0.696. The molecular formula is C23H35N3O. The number of hydrazine groups is 1. The fourth-order valence-electron chi connectivity index (χ4n) is 4.68. The van der Waals surface area contributed by atoms with Gasteiger partial charge in [0.1, 0.15) is 0 Å². The quantitative estimate of drug-likeness (QED) is 0.735. The largest absolute Gasteiger partial charge is 0.303 e. The lowest BCUT2D eigenvalue weighted by Gasteiger charge is -2.41. The molecule has 2 aliphatic heterocycles. The van der Waals surface area contributed by atoms with Crippen molar-refractivity contribution in [2.24, 2.45) is 11.8 Å². The first-order valence-corrected chi connectivity index (χ1v) is 11.1. The minimum atomic E-state index is 0.324. The Balaban J connectivity index is 1.32. The molecule has 1 aromatic rings. The molecule has 148 valence electrons. The highest BCUT2D eigenvalue weighted by atomic mass is 16.2. The lowest BCUT2D eigenvalue weighted by atomic mass is 9.97. The predicted molar refractivity (Wildman–Crippen MR) is 109 cm³/mol. The molecule has 3 fully saturated rings. The van der Waals surface area contributed by atoms with Gasteiger partial charge < -0.3 is 4.90 Å². The topological polar surface area (TPSA) is 26.8 Å². The van der Waals surface area contributed by atoms with E-state index in [1.807, 2.05) is 0 Å². The first-order chi connectivity index (χ1) is 13.3. The predicted octanol–water partition coefficient (Wildman–Crippen LogP) is 3.58. The van der Waals surface area contributed by atoms with Crippen LogP contribution in [0, 0.1) is 11.8 Å². The van der Waals surface area contributed by atoms with Crippen LogP contribution < -0.4 is 0 Å². The van der Waals surface area contributed by atoms with E-state index in [4.69, 9.17) is 0 Å². The van der Waals surface area contributed by atoms with E-state index in [0.29, 0.717) is 17.7 Å². The maximum Gasteiger partial charge on any atom is 0.239 e. The fourth-order valence-corrected chi connectivity index (χ4v) is 4.68. The van der Waals surface area contributed by atoms with Gasteiger partial charge in [-0.15, -0.1) is 0 Å². The zero-order valence-electron chi connectivity index (χ0n) is 16.7. The number of likely N-dealkylation sites (tertiary alicyclic amines) is 1. The monoisotopic (exact) mass is 369 g/mol. The molecule has 2 heterocycles. The third-order valence-electron chi connectivity index (χ3n) is 6.45. The number of hydrogen-bond donors (Lipinski definition) is 0. The Bertz CT molecular complexity index is 595. The molecule has 4 heteroatoms. The molecule has 1 aliphatic carbocycles. The van der Waals surface area contributed by atoms with Gasteiger partial charge in [0.25, 0.3) is 0 Å². The maximum absolute atomic E-state index is 12.9. The van der Waals surface area contributed by atoms with Gasteiger partial charge in [0.15, 0.2) is 0 Å². The van der Waals surface area contributed by atoms with Gasteiger partial charge in [-0.05, 0) is 63.0 Å².